The van der Waals surface area contributed by atoms with E-state index in [2.05, 4.69) is 28.2 Å². The van der Waals surface area contributed by atoms with Crippen molar-refractivity contribution in [3.8, 4) is 11.1 Å². The first-order chi connectivity index (χ1) is 19.5. The summed E-state index contributed by atoms with van der Waals surface area (Å²) in [7, 11) is 1.77. The lowest BCUT2D eigenvalue weighted by Gasteiger charge is -2.36. The maximum Gasteiger partial charge on any atom is 0.254 e. The average molecular weight is 547 g/mol. The van der Waals surface area contributed by atoms with Crippen molar-refractivity contribution in [3.63, 3.8) is 0 Å². The van der Waals surface area contributed by atoms with Crippen LogP contribution in [0.1, 0.15) is 67.3 Å². The molecule has 8 nitrogen and oxygen atoms in total. The second-order valence-electron chi connectivity index (χ2n) is 11.9. The van der Waals surface area contributed by atoms with Crippen LogP contribution >= 0.6 is 0 Å². The molecule has 0 unspecified atom stereocenters. The largest absolute Gasteiger partial charge is 0.383 e. The summed E-state index contributed by atoms with van der Waals surface area (Å²) in [5.74, 6) is -0.192. The Morgan fingerprint density at radius 3 is 2.20 bits per heavy atom. The maximum absolute atomic E-state index is 13.2. The van der Waals surface area contributed by atoms with Crippen LogP contribution in [0, 0.1) is 0 Å². The Kier molecular flexibility index (Phi) is 7.84. The van der Waals surface area contributed by atoms with Gasteiger partial charge in [-0.05, 0) is 66.6 Å². The third-order valence-electron chi connectivity index (χ3n) is 9.19. The Hall–Kier alpha value is -2.94. The third kappa shape index (κ3) is 5.49. The maximum atomic E-state index is 13.2. The van der Waals surface area contributed by atoms with Gasteiger partial charge in [-0.15, -0.1) is 0 Å². The highest BCUT2D eigenvalue weighted by molar-refractivity contribution is 5.95. The summed E-state index contributed by atoms with van der Waals surface area (Å²) in [6.45, 7) is 4.42. The number of anilines is 1. The van der Waals surface area contributed by atoms with Gasteiger partial charge in [0.25, 0.3) is 11.8 Å². The van der Waals surface area contributed by atoms with Gasteiger partial charge >= 0.3 is 0 Å². The molecular formula is C32H42N4O4. The number of ether oxygens (including phenoxy) is 1. The molecule has 2 aromatic carbocycles. The first-order valence-corrected chi connectivity index (χ1v) is 15.0. The molecule has 40 heavy (non-hydrogen) atoms. The van der Waals surface area contributed by atoms with Gasteiger partial charge in [-0.1, -0.05) is 43.9 Å². The smallest absolute Gasteiger partial charge is 0.254 e. The van der Waals surface area contributed by atoms with Crippen molar-refractivity contribution < 1.29 is 19.4 Å². The number of aliphatic hydroxyl groups is 1. The molecule has 2 aliphatic heterocycles. The number of carbonyl (C=O) groups is 2. The highest BCUT2D eigenvalue weighted by Crippen LogP contribution is 2.39. The van der Waals surface area contributed by atoms with E-state index in [4.69, 9.17) is 4.74 Å². The van der Waals surface area contributed by atoms with Crippen LogP contribution in [0.3, 0.4) is 0 Å². The van der Waals surface area contributed by atoms with Gasteiger partial charge in [0.05, 0.1) is 18.8 Å². The molecule has 2 amide bonds. The van der Waals surface area contributed by atoms with Gasteiger partial charge in [0.2, 0.25) is 0 Å². The summed E-state index contributed by atoms with van der Waals surface area (Å²) < 4.78 is 5.45. The summed E-state index contributed by atoms with van der Waals surface area (Å²) in [6.07, 6.45) is 8.92. The number of piperazine rings is 1. The van der Waals surface area contributed by atoms with E-state index in [1.165, 1.54) is 49.8 Å². The molecule has 2 saturated carbocycles. The summed E-state index contributed by atoms with van der Waals surface area (Å²) in [4.78, 5) is 29.1. The molecule has 0 aromatic heterocycles. The number of benzene rings is 2. The molecule has 8 heteroatoms. The van der Waals surface area contributed by atoms with Crippen molar-refractivity contribution in [2.75, 3.05) is 51.4 Å². The summed E-state index contributed by atoms with van der Waals surface area (Å²) in [5.41, 5.74) is 4.41. The zero-order valence-corrected chi connectivity index (χ0v) is 23.7. The van der Waals surface area contributed by atoms with Gasteiger partial charge in [0.1, 0.15) is 5.60 Å². The standard InChI is InChI=1S/C32H42N4O4/c1-40-21-20-35-29-13-12-26(22-27(29)23-36(35)28-6-4-2-3-5-7-28)24-8-10-25(11-9-24)30(37)33-16-18-34(19-17-33)31(38)32(39)14-15-32/h8-13,22,28,39H,2-7,14-21,23H2,1H3. The van der Waals surface area contributed by atoms with Crippen LogP contribution in [0.2, 0.25) is 0 Å². The fourth-order valence-electron chi connectivity index (χ4n) is 6.58. The van der Waals surface area contributed by atoms with E-state index in [1.807, 2.05) is 29.2 Å². The zero-order chi connectivity index (χ0) is 27.7. The molecule has 6 rings (SSSR count). The average Bonchev–Trinajstić information content (AvgIpc) is 3.72. The molecule has 0 spiro atoms. The third-order valence-corrected chi connectivity index (χ3v) is 9.19. The first kappa shape index (κ1) is 27.2. The van der Waals surface area contributed by atoms with Crippen molar-refractivity contribution in [2.45, 2.75) is 69.6 Å². The SMILES string of the molecule is COCCN1c2ccc(-c3ccc(C(=O)N4CCN(C(=O)C5(O)CC5)CC4)cc3)cc2CN1C1CCCCCC1. The van der Waals surface area contributed by atoms with Crippen molar-refractivity contribution >= 4 is 17.5 Å². The molecule has 3 fully saturated rings. The first-order valence-electron chi connectivity index (χ1n) is 15.0. The zero-order valence-electron chi connectivity index (χ0n) is 23.7. The number of hydrazine groups is 1. The van der Waals surface area contributed by atoms with Crippen LogP contribution in [0.4, 0.5) is 5.69 Å². The number of nitrogens with zero attached hydrogens (tertiary/aromatic N) is 4. The number of methoxy groups -OCH3 is 1. The lowest BCUT2D eigenvalue weighted by atomic mass is 10.0. The van der Waals surface area contributed by atoms with Gasteiger partial charge in [-0.2, -0.15) is 0 Å². The van der Waals surface area contributed by atoms with E-state index in [0.29, 0.717) is 57.2 Å². The monoisotopic (exact) mass is 546 g/mol. The van der Waals surface area contributed by atoms with Crippen molar-refractivity contribution in [1.29, 1.82) is 0 Å². The van der Waals surface area contributed by atoms with Crippen LogP contribution in [0.5, 0.6) is 0 Å². The normalized spacial score (nSPS) is 21.3. The molecule has 1 N–H and O–H groups in total. The Morgan fingerprint density at radius 2 is 1.55 bits per heavy atom. The van der Waals surface area contributed by atoms with E-state index in [0.717, 1.165) is 24.2 Å². The van der Waals surface area contributed by atoms with Gasteiger partial charge in [-0.25, -0.2) is 5.01 Å². The lowest BCUT2D eigenvalue weighted by molar-refractivity contribution is -0.143. The molecule has 1 saturated heterocycles. The van der Waals surface area contributed by atoms with E-state index in [-0.39, 0.29) is 11.8 Å². The minimum Gasteiger partial charge on any atom is -0.383 e. The van der Waals surface area contributed by atoms with Crippen molar-refractivity contribution in [2.24, 2.45) is 0 Å². The predicted octanol–water partition coefficient (Wildman–Crippen LogP) is 4.07. The quantitative estimate of drug-likeness (QED) is 0.528. The van der Waals surface area contributed by atoms with Crippen LogP contribution < -0.4 is 5.01 Å². The predicted molar refractivity (Wildman–Crippen MR) is 155 cm³/mol. The second kappa shape index (κ2) is 11.5. The summed E-state index contributed by atoms with van der Waals surface area (Å²) >= 11 is 0. The molecular weight excluding hydrogens is 504 g/mol. The van der Waals surface area contributed by atoms with E-state index >= 15 is 0 Å². The van der Waals surface area contributed by atoms with Gasteiger partial charge in [-0.3, -0.25) is 9.59 Å². The van der Waals surface area contributed by atoms with Gasteiger partial charge < -0.3 is 24.7 Å². The van der Waals surface area contributed by atoms with Crippen LogP contribution in [-0.4, -0.2) is 89.8 Å². The van der Waals surface area contributed by atoms with E-state index in [9.17, 15) is 14.7 Å². The number of hydrogen-bond donors (Lipinski definition) is 1. The molecule has 2 aliphatic carbocycles. The second-order valence-corrected chi connectivity index (χ2v) is 11.9. The highest BCUT2D eigenvalue weighted by atomic mass is 16.5. The van der Waals surface area contributed by atoms with Crippen LogP contribution in [0.25, 0.3) is 11.1 Å². The molecule has 0 atom stereocenters. The Labute approximate surface area is 237 Å². The Balaban J connectivity index is 1.12. The van der Waals surface area contributed by atoms with Crippen molar-refractivity contribution in [1.82, 2.24) is 14.8 Å². The number of fused-ring (bicyclic) bond motifs is 1. The molecule has 0 bridgehead atoms. The van der Waals surface area contributed by atoms with Gasteiger partial charge in [0, 0.05) is 51.4 Å². The highest BCUT2D eigenvalue weighted by Gasteiger charge is 2.50. The lowest BCUT2D eigenvalue weighted by Crippen LogP contribution is -2.53. The van der Waals surface area contributed by atoms with Crippen LogP contribution in [0.15, 0.2) is 42.5 Å². The summed E-state index contributed by atoms with van der Waals surface area (Å²) in [6, 6.07) is 15.2. The van der Waals surface area contributed by atoms with Crippen molar-refractivity contribution in [3.05, 3.63) is 53.6 Å². The van der Waals surface area contributed by atoms with Gasteiger partial charge in [0.15, 0.2) is 0 Å². The van der Waals surface area contributed by atoms with E-state index in [1.54, 1.807) is 12.0 Å². The minimum atomic E-state index is -1.14. The fraction of sp³-hybridized carbons (Fsp3) is 0.562. The number of rotatable bonds is 7. The topological polar surface area (TPSA) is 76.6 Å². The molecule has 2 aromatic rings. The Morgan fingerprint density at radius 1 is 0.900 bits per heavy atom. The van der Waals surface area contributed by atoms with Crippen LogP contribution in [-0.2, 0) is 16.1 Å². The van der Waals surface area contributed by atoms with E-state index < -0.39 is 5.60 Å². The molecule has 4 aliphatic rings. The number of amides is 2. The number of carbonyl (C=O) groups excluding carboxylic acids is 2. The molecule has 2 heterocycles. The minimum absolute atomic E-state index is 0.00874. The fourth-order valence-corrected chi connectivity index (χ4v) is 6.58. The number of hydrogen-bond acceptors (Lipinski definition) is 6. The molecule has 214 valence electrons. The molecule has 0 radical (unpaired) electrons. The Bertz CT molecular complexity index is 1210. The summed E-state index contributed by atoms with van der Waals surface area (Å²) in [5, 5.41) is 15.1.